The van der Waals surface area contributed by atoms with Gasteiger partial charge in [0.1, 0.15) is 0 Å². The van der Waals surface area contributed by atoms with Gasteiger partial charge in [-0.05, 0) is 87.9 Å². The Labute approximate surface area is 520 Å². The van der Waals surface area contributed by atoms with E-state index < -0.39 is 0 Å². The van der Waals surface area contributed by atoms with Gasteiger partial charge >= 0.3 is 7.12 Å². The normalized spacial score (nSPS) is 13.4. The van der Waals surface area contributed by atoms with Gasteiger partial charge in [-0.25, -0.2) is 29.9 Å². The quantitative estimate of drug-likeness (QED) is 0.136. The molecule has 1 aliphatic heterocycles. The molecule has 418 valence electrons. The number of pyridine rings is 2. The Morgan fingerprint density at radius 3 is 1.22 bits per heavy atom. The first-order valence-corrected chi connectivity index (χ1v) is 30.5. The lowest BCUT2D eigenvalue weighted by atomic mass is 9.79. The fourth-order valence-corrected chi connectivity index (χ4v) is 13.0. The Hall–Kier alpha value is -8.63. The average molecular weight is 1220 g/mol. The average Bonchev–Trinajstić information content (AvgIpc) is 1.74. The summed E-state index contributed by atoms with van der Waals surface area (Å²) in [6.07, 6.45) is 3.72. The topological polar surface area (TPSA) is 122 Å². The van der Waals surface area contributed by atoms with E-state index in [0.717, 1.165) is 64.8 Å². The van der Waals surface area contributed by atoms with Crippen molar-refractivity contribution in [3.63, 3.8) is 0 Å². The van der Waals surface area contributed by atoms with Gasteiger partial charge in [-0.15, -0.1) is 22.7 Å². The summed E-state index contributed by atoms with van der Waals surface area (Å²) in [5.41, 5.74) is 9.69. The van der Waals surface area contributed by atoms with Gasteiger partial charge in [-0.1, -0.05) is 199 Å². The van der Waals surface area contributed by atoms with Gasteiger partial charge < -0.3 is 9.31 Å². The summed E-state index contributed by atoms with van der Waals surface area (Å²) in [7, 11) is -0.344. The third-order valence-electron chi connectivity index (χ3n) is 15.1. The number of thiophene rings is 2. The van der Waals surface area contributed by atoms with Gasteiger partial charge in [0, 0.05) is 82.0 Å². The third-order valence-corrected chi connectivity index (χ3v) is 18.4. The van der Waals surface area contributed by atoms with Crippen molar-refractivity contribution < 1.29 is 9.31 Å². The summed E-state index contributed by atoms with van der Waals surface area (Å²) in [6.45, 7) is 8.32. The molecule has 86 heavy (non-hydrogen) atoms. The molecule has 10 nitrogen and oxygen atoms in total. The molecule has 0 bridgehead atoms. The molecule has 14 aromatic rings. The molecule has 0 unspecified atom stereocenters. The molecule has 7 heterocycles. The summed E-state index contributed by atoms with van der Waals surface area (Å²) in [5.74, 6) is 3.41. The standard InChI is InChI=1S/C32H19ClN4S.C21H13Cl2N3.C17H18BNO2S/c33-26-16-15-22(23-17-18-34-28-24-13-7-8-14-27(24)38-29(23)28)19-25(26)32-36-30(20-9-3-1-4-10-20)35-31(37-32)21-11-5-2-6-12-21;22-16-11-12-18(23)17(13-16)21-25-19(14-7-3-1-4-8-14)24-20(26-21)15-9-5-2-6-10-15;1-16(2)17(3,4)21-18(20-16)12-9-10-19-14-11-7-5-6-8-13(11)22-15(12)14/h1-19H;1-13H;5-10H,1-4H3. The Balaban J connectivity index is 0.000000125. The summed E-state index contributed by atoms with van der Waals surface area (Å²) in [5, 5.41) is 4.06. The van der Waals surface area contributed by atoms with E-state index in [1.165, 1.54) is 20.2 Å². The van der Waals surface area contributed by atoms with Gasteiger partial charge in [0.15, 0.2) is 34.9 Å². The Kier molecular flexibility index (Phi) is 15.8. The van der Waals surface area contributed by atoms with Crippen LogP contribution in [0.25, 0.3) is 120 Å². The van der Waals surface area contributed by atoms with Crippen LogP contribution in [-0.4, -0.2) is 58.2 Å². The second kappa shape index (κ2) is 24.0. The number of fused-ring (bicyclic) bond motifs is 6. The molecule has 0 amide bonds. The number of hydrogen-bond acceptors (Lipinski definition) is 12. The first-order chi connectivity index (χ1) is 41.8. The maximum atomic E-state index is 6.79. The van der Waals surface area contributed by atoms with E-state index in [2.05, 4.69) is 108 Å². The lowest BCUT2D eigenvalue weighted by Gasteiger charge is -2.32. The van der Waals surface area contributed by atoms with Crippen LogP contribution in [0.2, 0.25) is 15.1 Å². The van der Waals surface area contributed by atoms with Gasteiger partial charge in [0.2, 0.25) is 0 Å². The summed E-state index contributed by atoms with van der Waals surface area (Å²) in [4.78, 5) is 37.7. The zero-order valence-electron chi connectivity index (χ0n) is 46.9. The molecule has 6 aromatic heterocycles. The van der Waals surface area contributed by atoms with E-state index in [4.69, 9.17) is 64.0 Å². The van der Waals surface area contributed by atoms with Crippen LogP contribution in [0.15, 0.2) is 231 Å². The van der Waals surface area contributed by atoms with Crippen molar-refractivity contribution in [2.45, 2.75) is 38.9 Å². The molecule has 1 saturated heterocycles. The first-order valence-electron chi connectivity index (χ1n) is 27.7. The minimum absolute atomic E-state index is 0.329. The monoisotopic (exact) mass is 1210 g/mol. The van der Waals surface area contributed by atoms with Crippen molar-refractivity contribution in [2.24, 2.45) is 0 Å². The smallest absolute Gasteiger partial charge is 0.399 e. The van der Waals surface area contributed by atoms with Crippen LogP contribution < -0.4 is 5.46 Å². The predicted octanol–water partition coefficient (Wildman–Crippen LogP) is 18.9. The molecular weight excluding hydrogens is 1170 g/mol. The molecule has 0 N–H and O–H groups in total. The second-order valence-electron chi connectivity index (χ2n) is 21.3. The van der Waals surface area contributed by atoms with Crippen LogP contribution in [-0.2, 0) is 9.31 Å². The lowest BCUT2D eigenvalue weighted by molar-refractivity contribution is 0.00578. The van der Waals surface area contributed by atoms with Crippen molar-refractivity contribution >= 4 is 111 Å². The van der Waals surface area contributed by atoms with Crippen LogP contribution in [0.5, 0.6) is 0 Å². The largest absolute Gasteiger partial charge is 0.496 e. The Bertz CT molecular complexity index is 4660. The van der Waals surface area contributed by atoms with Crippen LogP contribution in [0.1, 0.15) is 27.7 Å². The number of hydrogen-bond donors (Lipinski definition) is 0. The lowest BCUT2D eigenvalue weighted by Crippen LogP contribution is -2.41. The number of benzene rings is 8. The van der Waals surface area contributed by atoms with Crippen molar-refractivity contribution in [1.29, 1.82) is 0 Å². The van der Waals surface area contributed by atoms with Gasteiger partial charge in [-0.3, -0.25) is 9.97 Å². The molecular formula is C70H50BCl3N8O2S2. The molecule has 0 spiro atoms. The number of nitrogens with zero attached hydrogens (tertiary/aromatic N) is 8. The number of rotatable bonds is 8. The third kappa shape index (κ3) is 11.5. The fourth-order valence-electron chi connectivity index (χ4n) is 10.0. The first kappa shape index (κ1) is 56.5. The molecule has 15 rings (SSSR count). The van der Waals surface area contributed by atoms with E-state index in [1.807, 2.05) is 152 Å². The number of aromatic nitrogens is 8. The van der Waals surface area contributed by atoms with Crippen LogP contribution >= 0.6 is 57.5 Å². The number of halogens is 3. The molecule has 1 fully saturated rings. The van der Waals surface area contributed by atoms with Gasteiger partial charge in [0.05, 0.1) is 41.7 Å². The molecule has 0 atom stereocenters. The Morgan fingerprint density at radius 1 is 0.360 bits per heavy atom. The van der Waals surface area contributed by atoms with E-state index in [-0.39, 0.29) is 18.3 Å². The van der Waals surface area contributed by atoms with E-state index >= 15 is 0 Å². The maximum Gasteiger partial charge on any atom is 0.496 e. The highest BCUT2D eigenvalue weighted by Crippen LogP contribution is 2.42. The molecule has 0 aliphatic carbocycles. The van der Waals surface area contributed by atoms with E-state index in [9.17, 15) is 0 Å². The summed E-state index contributed by atoms with van der Waals surface area (Å²) < 4.78 is 17.2. The minimum atomic E-state index is -0.344. The molecule has 16 heteroatoms. The Morgan fingerprint density at radius 2 is 0.744 bits per heavy atom. The van der Waals surface area contributed by atoms with Crippen LogP contribution in [0, 0.1) is 0 Å². The highest BCUT2D eigenvalue weighted by Gasteiger charge is 2.52. The van der Waals surface area contributed by atoms with Gasteiger partial charge in [0.25, 0.3) is 0 Å². The highest BCUT2D eigenvalue weighted by molar-refractivity contribution is 7.27. The van der Waals surface area contributed by atoms with Crippen molar-refractivity contribution in [3.8, 4) is 79.5 Å². The SMILES string of the molecule is CC1(C)OB(c2ccnc3c2sc2ccccc23)OC1(C)C.Clc1ccc(-c2ccnc3c2sc2ccccc23)cc1-c1nc(-c2ccccc2)nc(-c2ccccc2)n1.Clc1ccc(Cl)c(-c2nc(-c3ccccc3)nc(-c3ccccc3)n2)c1. The van der Waals surface area contributed by atoms with Crippen LogP contribution in [0.4, 0.5) is 0 Å². The van der Waals surface area contributed by atoms with E-state index in [0.29, 0.717) is 55.6 Å². The summed E-state index contributed by atoms with van der Waals surface area (Å²) in [6, 6.07) is 71.6. The van der Waals surface area contributed by atoms with Crippen molar-refractivity contribution in [2.75, 3.05) is 0 Å². The molecule has 0 radical (unpaired) electrons. The second-order valence-corrected chi connectivity index (χ2v) is 24.6. The molecule has 8 aromatic carbocycles. The molecule has 1 aliphatic rings. The summed E-state index contributed by atoms with van der Waals surface area (Å²) >= 11 is 22.8. The van der Waals surface area contributed by atoms with Crippen LogP contribution in [0.3, 0.4) is 0 Å². The zero-order valence-corrected chi connectivity index (χ0v) is 50.8. The minimum Gasteiger partial charge on any atom is -0.399 e. The fraction of sp³-hybridized carbons (Fsp3) is 0.0857. The molecule has 0 saturated carbocycles. The van der Waals surface area contributed by atoms with Crippen molar-refractivity contribution in [3.05, 3.63) is 246 Å². The maximum absolute atomic E-state index is 6.79. The highest BCUT2D eigenvalue weighted by atomic mass is 35.5. The van der Waals surface area contributed by atoms with Crippen molar-refractivity contribution in [1.82, 2.24) is 39.9 Å². The van der Waals surface area contributed by atoms with E-state index in [1.54, 1.807) is 40.9 Å². The zero-order chi connectivity index (χ0) is 58.9. The van der Waals surface area contributed by atoms with Gasteiger partial charge in [-0.2, -0.15) is 0 Å². The predicted molar refractivity (Wildman–Crippen MR) is 356 cm³/mol.